The molecule has 2 aromatic carbocycles. The molecular weight excluding hydrogens is 345 g/mol. The van der Waals surface area contributed by atoms with Gasteiger partial charge in [0.05, 0.1) is 21.3 Å². The zero-order chi connectivity index (χ0) is 19.1. The van der Waals surface area contributed by atoms with Crippen molar-refractivity contribution < 1.29 is 32.9 Å². The van der Waals surface area contributed by atoms with Gasteiger partial charge in [0, 0.05) is 5.69 Å². The minimum Gasteiger partial charge on any atom is -0.493 e. The van der Waals surface area contributed by atoms with Crippen LogP contribution < -0.4 is 19.5 Å². The summed E-state index contributed by atoms with van der Waals surface area (Å²) >= 11 is 0. The van der Waals surface area contributed by atoms with Crippen LogP contribution in [-0.2, 0) is 9.53 Å². The molecule has 0 unspecified atom stereocenters. The number of benzene rings is 2. The lowest BCUT2D eigenvalue weighted by atomic mass is 10.1. The van der Waals surface area contributed by atoms with E-state index in [1.807, 2.05) is 0 Å². The molecule has 0 aliphatic rings. The van der Waals surface area contributed by atoms with Gasteiger partial charge in [0.2, 0.25) is 5.75 Å². The van der Waals surface area contributed by atoms with Crippen LogP contribution in [0.25, 0.3) is 0 Å². The van der Waals surface area contributed by atoms with Gasteiger partial charge in [0.1, 0.15) is 11.4 Å². The zero-order valence-electron chi connectivity index (χ0n) is 14.5. The SMILES string of the molecule is COc1ccc(C(=O)OCC(=O)Nc2ccc(F)cc2)c(OC)c1OC. The molecule has 2 rings (SSSR count). The largest absolute Gasteiger partial charge is 0.493 e. The summed E-state index contributed by atoms with van der Waals surface area (Å²) in [6.07, 6.45) is 0. The second kappa shape index (κ2) is 8.70. The summed E-state index contributed by atoms with van der Waals surface area (Å²) in [5, 5.41) is 2.49. The van der Waals surface area contributed by atoms with Gasteiger partial charge in [-0.25, -0.2) is 9.18 Å². The van der Waals surface area contributed by atoms with Crippen molar-refractivity contribution >= 4 is 17.6 Å². The van der Waals surface area contributed by atoms with E-state index < -0.39 is 24.3 Å². The number of rotatable bonds is 7. The fourth-order valence-electron chi connectivity index (χ4n) is 2.20. The first kappa shape index (κ1) is 19.0. The molecule has 7 nitrogen and oxygen atoms in total. The molecule has 138 valence electrons. The predicted molar refractivity (Wildman–Crippen MR) is 91.4 cm³/mol. The van der Waals surface area contributed by atoms with Crippen LogP contribution >= 0.6 is 0 Å². The van der Waals surface area contributed by atoms with Crippen molar-refractivity contribution in [3.8, 4) is 17.2 Å². The lowest BCUT2D eigenvalue weighted by Crippen LogP contribution is -2.21. The van der Waals surface area contributed by atoms with Crippen LogP contribution in [0.4, 0.5) is 10.1 Å². The third-order valence-electron chi connectivity index (χ3n) is 3.39. The Balaban J connectivity index is 2.05. The quantitative estimate of drug-likeness (QED) is 0.762. The van der Waals surface area contributed by atoms with Crippen molar-refractivity contribution in [1.82, 2.24) is 0 Å². The summed E-state index contributed by atoms with van der Waals surface area (Å²) in [6.45, 7) is -0.520. The topological polar surface area (TPSA) is 83.1 Å². The molecule has 0 aromatic heterocycles. The number of carbonyl (C=O) groups is 2. The smallest absolute Gasteiger partial charge is 0.342 e. The summed E-state index contributed by atoms with van der Waals surface area (Å²) in [6, 6.07) is 8.17. The van der Waals surface area contributed by atoms with Crippen LogP contribution in [0.1, 0.15) is 10.4 Å². The maximum absolute atomic E-state index is 12.8. The Labute approximate surface area is 149 Å². The molecule has 0 heterocycles. The standard InChI is InChI=1S/C18H18FNO6/c1-23-14-9-8-13(16(24-2)17(14)25-3)18(22)26-10-15(21)20-12-6-4-11(19)5-7-12/h4-9H,10H2,1-3H3,(H,20,21). The number of nitrogens with one attached hydrogen (secondary N) is 1. The summed E-state index contributed by atoms with van der Waals surface area (Å²) in [4.78, 5) is 24.1. The Morgan fingerprint density at radius 1 is 0.923 bits per heavy atom. The third-order valence-corrected chi connectivity index (χ3v) is 3.39. The summed E-state index contributed by atoms with van der Waals surface area (Å²) in [5.74, 6) is -0.998. The first-order valence-electron chi connectivity index (χ1n) is 7.51. The molecule has 0 saturated carbocycles. The second-order valence-electron chi connectivity index (χ2n) is 5.01. The fraction of sp³-hybridized carbons (Fsp3) is 0.222. The Hall–Kier alpha value is -3.29. The van der Waals surface area contributed by atoms with Gasteiger partial charge >= 0.3 is 5.97 Å². The Morgan fingerprint density at radius 2 is 1.58 bits per heavy atom. The second-order valence-corrected chi connectivity index (χ2v) is 5.01. The number of esters is 1. The molecule has 0 radical (unpaired) electrons. The number of anilines is 1. The van der Waals surface area contributed by atoms with Crippen LogP contribution in [0.3, 0.4) is 0 Å². The minimum absolute atomic E-state index is 0.0831. The van der Waals surface area contributed by atoms with Crippen molar-refractivity contribution in [3.05, 3.63) is 47.8 Å². The molecule has 1 N–H and O–H groups in total. The van der Waals surface area contributed by atoms with Gasteiger partial charge in [0.25, 0.3) is 5.91 Å². The van der Waals surface area contributed by atoms with E-state index in [9.17, 15) is 14.0 Å². The summed E-state index contributed by atoms with van der Waals surface area (Å²) < 4.78 is 33.4. The van der Waals surface area contributed by atoms with Gasteiger partial charge in [-0.15, -0.1) is 0 Å². The Kier molecular flexibility index (Phi) is 6.37. The summed E-state index contributed by atoms with van der Waals surface area (Å²) in [7, 11) is 4.23. The van der Waals surface area contributed by atoms with Crippen LogP contribution in [0.5, 0.6) is 17.2 Å². The fourth-order valence-corrected chi connectivity index (χ4v) is 2.20. The van der Waals surface area contributed by atoms with Crippen molar-refractivity contribution in [2.24, 2.45) is 0 Å². The van der Waals surface area contributed by atoms with Gasteiger partial charge in [-0.2, -0.15) is 0 Å². The predicted octanol–water partition coefficient (Wildman–Crippen LogP) is 2.65. The highest BCUT2D eigenvalue weighted by atomic mass is 19.1. The first-order chi connectivity index (χ1) is 12.5. The minimum atomic E-state index is -0.767. The van der Waals surface area contributed by atoms with E-state index in [0.717, 1.165) is 0 Å². The third kappa shape index (κ3) is 4.41. The number of halogens is 1. The van der Waals surface area contributed by atoms with E-state index in [1.165, 1.54) is 57.7 Å². The van der Waals surface area contributed by atoms with Crippen molar-refractivity contribution in [2.75, 3.05) is 33.3 Å². The van der Waals surface area contributed by atoms with Crippen molar-refractivity contribution in [2.45, 2.75) is 0 Å². The van der Waals surface area contributed by atoms with Gasteiger partial charge < -0.3 is 24.3 Å². The van der Waals surface area contributed by atoms with E-state index in [0.29, 0.717) is 11.4 Å². The van der Waals surface area contributed by atoms with Gasteiger partial charge in [0.15, 0.2) is 18.1 Å². The highest BCUT2D eigenvalue weighted by molar-refractivity contribution is 5.97. The number of methoxy groups -OCH3 is 3. The van der Waals surface area contributed by atoms with E-state index in [2.05, 4.69) is 5.32 Å². The Morgan fingerprint density at radius 3 is 2.15 bits per heavy atom. The molecule has 2 aromatic rings. The van der Waals surface area contributed by atoms with Crippen molar-refractivity contribution in [3.63, 3.8) is 0 Å². The first-order valence-corrected chi connectivity index (χ1v) is 7.51. The molecule has 0 atom stereocenters. The van der Waals surface area contributed by atoms with E-state index in [4.69, 9.17) is 18.9 Å². The number of carbonyl (C=O) groups excluding carboxylic acids is 2. The number of ether oxygens (including phenoxy) is 4. The van der Waals surface area contributed by atoms with Crippen LogP contribution in [-0.4, -0.2) is 39.8 Å². The monoisotopic (exact) mass is 363 g/mol. The molecule has 8 heteroatoms. The average Bonchev–Trinajstić information content (AvgIpc) is 2.66. The average molecular weight is 363 g/mol. The van der Waals surface area contributed by atoms with E-state index in [-0.39, 0.29) is 17.1 Å². The van der Waals surface area contributed by atoms with Crippen LogP contribution in [0.2, 0.25) is 0 Å². The normalized spacial score (nSPS) is 10.0. The number of hydrogen-bond acceptors (Lipinski definition) is 6. The molecule has 0 aliphatic heterocycles. The maximum atomic E-state index is 12.8. The van der Waals surface area contributed by atoms with Crippen LogP contribution in [0.15, 0.2) is 36.4 Å². The molecule has 0 saturated heterocycles. The molecule has 1 amide bonds. The number of hydrogen-bond donors (Lipinski definition) is 1. The van der Waals surface area contributed by atoms with E-state index in [1.54, 1.807) is 0 Å². The molecule has 0 fully saturated rings. The molecule has 0 aliphatic carbocycles. The van der Waals surface area contributed by atoms with Crippen molar-refractivity contribution in [1.29, 1.82) is 0 Å². The Bertz CT molecular complexity index is 791. The number of amides is 1. The lowest BCUT2D eigenvalue weighted by Gasteiger charge is -2.15. The van der Waals surface area contributed by atoms with Gasteiger partial charge in [-0.1, -0.05) is 0 Å². The molecule has 0 bridgehead atoms. The molecule has 26 heavy (non-hydrogen) atoms. The molecular formula is C18H18FNO6. The summed E-state index contributed by atoms with van der Waals surface area (Å²) in [5.41, 5.74) is 0.468. The van der Waals surface area contributed by atoms with Crippen LogP contribution in [0, 0.1) is 5.82 Å². The van der Waals surface area contributed by atoms with Gasteiger partial charge in [-0.3, -0.25) is 4.79 Å². The zero-order valence-corrected chi connectivity index (χ0v) is 14.5. The molecule has 0 spiro atoms. The lowest BCUT2D eigenvalue weighted by molar-refractivity contribution is -0.119. The maximum Gasteiger partial charge on any atom is 0.342 e. The highest BCUT2D eigenvalue weighted by Gasteiger charge is 2.22. The van der Waals surface area contributed by atoms with Gasteiger partial charge in [-0.05, 0) is 36.4 Å². The highest BCUT2D eigenvalue weighted by Crippen LogP contribution is 2.39. The van der Waals surface area contributed by atoms with E-state index >= 15 is 0 Å².